The largest absolute Gasteiger partial charge is 0.441 e. The molecule has 0 spiro atoms. The minimum Gasteiger partial charge on any atom is -0.441 e. The van der Waals surface area contributed by atoms with Crippen LogP contribution in [0.3, 0.4) is 0 Å². The van der Waals surface area contributed by atoms with Crippen molar-refractivity contribution in [3.63, 3.8) is 0 Å². The monoisotopic (exact) mass is 340 g/mol. The Morgan fingerprint density at radius 1 is 1.28 bits per heavy atom. The fourth-order valence-corrected chi connectivity index (χ4v) is 2.42. The Morgan fingerprint density at radius 2 is 2.04 bits per heavy atom. The van der Waals surface area contributed by atoms with E-state index < -0.39 is 17.2 Å². The number of hydrogen-bond donors (Lipinski definition) is 1. The van der Waals surface area contributed by atoms with Crippen LogP contribution in [0.1, 0.15) is 11.5 Å². The van der Waals surface area contributed by atoms with Crippen LogP contribution in [0.4, 0.5) is 5.69 Å². The van der Waals surface area contributed by atoms with Crippen molar-refractivity contribution in [2.45, 2.75) is 6.92 Å². The SMILES string of the molecule is Cc1nc2cc(NC(=O)/C=C/c3cn(C)c(=O)n(C)c3=O)ccc2o1. The van der Waals surface area contributed by atoms with E-state index in [2.05, 4.69) is 10.3 Å². The Hall–Kier alpha value is -3.42. The highest BCUT2D eigenvalue weighted by molar-refractivity contribution is 6.02. The van der Waals surface area contributed by atoms with Crippen molar-refractivity contribution in [1.82, 2.24) is 14.1 Å². The van der Waals surface area contributed by atoms with Gasteiger partial charge in [0.1, 0.15) is 5.52 Å². The number of aryl methyl sites for hydroxylation is 2. The van der Waals surface area contributed by atoms with E-state index >= 15 is 0 Å². The van der Waals surface area contributed by atoms with Crippen LogP contribution in [-0.4, -0.2) is 20.0 Å². The van der Waals surface area contributed by atoms with Crippen molar-refractivity contribution >= 4 is 28.8 Å². The van der Waals surface area contributed by atoms with Crippen LogP contribution in [0, 0.1) is 6.92 Å². The molecule has 0 aliphatic rings. The van der Waals surface area contributed by atoms with E-state index in [1.54, 1.807) is 25.1 Å². The van der Waals surface area contributed by atoms with Gasteiger partial charge in [0.15, 0.2) is 11.5 Å². The van der Waals surface area contributed by atoms with Crippen molar-refractivity contribution in [3.8, 4) is 0 Å². The zero-order valence-corrected chi connectivity index (χ0v) is 13.9. The molecule has 1 aromatic carbocycles. The summed E-state index contributed by atoms with van der Waals surface area (Å²) in [5.41, 5.74) is 1.19. The Morgan fingerprint density at radius 3 is 2.80 bits per heavy atom. The minimum absolute atomic E-state index is 0.238. The van der Waals surface area contributed by atoms with Crippen LogP contribution in [-0.2, 0) is 18.9 Å². The summed E-state index contributed by atoms with van der Waals surface area (Å²) in [6.07, 6.45) is 3.99. The number of carbonyl (C=O) groups is 1. The maximum absolute atomic E-state index is 12.1. The summed E-state index contributed by atoms with van der Waals surface area (Å²) in [5, 5.41) is 2.69. The summed E-state index contributed by atoms with van der Waals surface area (Å²) in [6.45, 7) is 1.74. The van der Waals surface area contributed by atoms with Gasteiger partial charge in [-0.25, -0.2) is 9.78 Å². The highest BCUT2D eigenvalue weighted by Gasteiger charge is 2.06. The molecule has 0 radical (unpaired) electrons. The number of hydrogen-bond acceptors (Lipinski definition) is 5. The number of aromatic nitrogens is 3. The van der Waals surface area contributed by atoms with Gasteiger partial charge in [0, 0.05) is 39.0 Å². The van der Waals surface area contributed by atoms with Crippen molar-refractivity contribution in [1.29, 1.82) is 0 Å². The molecule has 0 fully saturated rings. The Labute approximate surface area is 142 Å². The topological polar surface area (TPSA) is 99.1 Å². The first-order valence-electron chi connectivity index (χ1n) is 7.48. The summed E-state index contributed by atoms with van der Waals surface area (Å²) in [7, 11) is 2.92. The molecule has 8 nitrogen and oxygen atoms in total. The molecule has 2 aromatic heterocycles. The number of nitrogens with zero attached hydrogens (tertiary/aromatic N) is 3. The second kappa shape index (κ2) is 6.23. The van der Waals surface area contributed by atoms with Crippen LogP contribution in [0.5, 0.6) is 0 Å². The molecule has 0 atom stereocenters. The average molecular weight is 340 g/mol. The van der Waals surface area contributed by atoms with Crippen molar-refractivity contribution in [2.24, 2.45) is 14.1 Å². The average Bonchev–Trinajstić information content (AvgIpc) is 2.94. The van der Waals surface area contributed by atoms with Crippen LogP contribution >= 0.6 is 0 Å². The lowest BCUT2D eigenvalue weighted by atomic mass is 10.2. The standard InChI is InChI=1S/C17H16N4O4/c1-10-18-13-8-12(5-6-14(13)25-10)19-15(22)7-4-11-9-20(2)17(24)21(3)16(11)23/h4-9H,1-3H3,(H,19,22)/b7-4+. The molecule has 0 saturated heterocycles. The third-order valence-electron chi connectivity index (χ3n) is 3.65. The maximum Gasteiger partial charge on any atom is 0.330 e. The molecule has 128 valence electrons. The predicted octanol–water partition coefficient (Wildman–Crippen LogP) is 1.19. The Bertz CT molecular complexity index is 1120. The number of benzene rings is 1. The molecule has 2 heterocycles. The number of fused-ring (bicyclic) bond motifs is 1. The molecule has 1 N–H and O–H groups in total. The first kappa shape index (κ1) is 16.4. The fraction of sp³-hybridized carbons (Fsp3) is 0.176. The smallest absolute Gasteiger partial charge is 0.330 e. The Kier molecular flexibility index (Phi) is 4.10. The van der Waals surface area contributed by atoms with Gasteiger partial charge in [-0.1, -0.05) is 0 Å². The van der Waals surface area contributed by atoms with E-state index in [0.717, 1.165) is 4.57 Å². The number of anilines is 1. The summed E-state index contributed by atoms with van der Waals surface area (Å²) >= 11 is 0. The van der Waals surface area contributed by atoms with E-state index in [1.165, 1.54) is 37.0 Å². The van der Waals surface area contributed by atoms with E-state index in [9.17, 15) is 14.4 Å². The van der Waals surface area contributed by atoms with Crippen molar-refractivity contribution in [2.75, 3.05) is 5.32 Å². The normalized spacial score (nSPS) is 11.3. The van der Waals surface area contributed by atoms with Gasteiger partial charge in [0.05, 0.1) is 5.56 Å². The number of amides is 1. The van der Waals surface area contributed by atoms with Gasteiger partial charge in [0.2, 0.25) is 5.91 Å². The predicted molar refractivity (Wildman–Crippen MR) is 93.3 cm³/mol. The third kappa shape index (κ3) is 3.27. The van der Waals surface area contributed by atoms with Gasteiger partial charge in [-0.15, -0.1) is 0 Å². The molecule has 25 heavy (non-hydrogen) atoms. The summed E-state index contributed by atoms with van der Waals surface area (Å²) in [5.74, 6) is 0.138. The van der Waals surface area contributed by atoms with Crippen LogP contribution < -0.4 is 16.6 Å². The molecule has 3 aromatic rings. The van der Waals surface area contributed by atoms with Crippen LogP contribution in [0.2, 0.25) is 0 Å². The number of carbonyl (C=O) groups excluding carboxylic acids is 1. The summed E-state index contributed by atoms with van der Waals surface area (Å²) < 4.78 is 7.64. The zero-order chi connectivity index (χ0) is 18.1. The van der Waals surface area contributed by atoms with E-state index in [0.29, 0.717) is 22.7 Å². The van der Waals surface area contributed by atoms with E-state index in [4.69, 9.17) is 4.42 Å². The highest BCUT2D eigenvalue weighted by atomic mass is 16.3. The second-order valence-corrected chi connectivity index (χ2v) is 5.58. The fourth-order valence-electron chi connectivity index (χ4n) is 2.42. The number of oxazole rings is 1. The van der Waals surface area contributed by atoms with Gasteiger partial charge in [-0.05, 0) is 24.3 Å². The molecular formula is C17H16N4O4. The molecule has 3 rings (SSSR count). The lowest BCUT2D eigenvalue weighted by Crippen LogP contribution is -2.37. The molecule has 0 unspecified atom stereocenters. The van der Waals surface area contributed by atoms with Crippen molar-refractivity contribution < 1.29 is 9.21 Å². The van der Waals surface area contributed by atoms with E-state index in [1.807, 2.05) is 0 Å². The lowest BCUT2D eigenvalue weighted by Gasteiger charge is -2.04. The quantitative estimate of drug-likeness (QED) is 0.722. The van der Waals surface area contributed by atoms with Crippen LogP contribution in [0.25, 0.3) is 17.2 Å². The lowest BCUT2D eigenvalue weighted by molar-refractivity contribution is -0.111. The molecule has 8 heteroatoms. The summed E-state index contributed by atoms with van der Waals surface area (Å²) in [4.78, 5) is 39.9. The van der Waals surface area contributed by atoms with Gasteiger partial charge >= 0.3 is 5.69 Å². The number of rotatable bonds is 3. The highest BCUT2D eigenvalue weighted by Crippen LogP contribution is 2.19. The molecular weight excluding hydrogens is 324 g/mol. The first-order valence-corrected chi connectivity index (χ1v) is 7.48. The Balaban J connectivity index is 1.81. The third-order valence-corrected chi connectivity index (χ3v) is 3.65. The van der Waals surface area contributed by atoms with Gasteiger partial charge < -0.3 is 14.3 Å². The molecule has 0 aliphatic carbocycles. The van der Waals surface area contributed by atoms with E-state index in [-0.39, 0.29) is 5.56 Å². The number of nitrogens with one attached hydrogen (secondary N) is 1. The molecule has 0 saturated carbocycles. The zero-order valence-electron chi connectivity index (χ0n) is 13.9. The summed E-state index contributed by atoms with van der Waals surface area (Å²) in [6, 6.07) is 5.12. The maximum atomic E-state index is 12.1. The minimum atomic E-state index is -0.466. The van der Waals surface area contributed by atoms with Gasteiger partial charge in [0.25, 0.3) is 5.56 Å². The van der Waals surface area contributed by atoms with Crippen LogP contribution in [0.15, 0.2) is 44.5 Å². The van der Waals surface area contributed by atoms with Crippen molar-refractivity contribution in [3.05, 3.63) is 62.8 Å². The van der Waals surface area contributed by atoms with Gasteiger partial charge in [-0.3, -0.25) is 14.2 Å². The molecule has 0 bridgehead atoms. The first-order chi connectivity index (χ1) is 11.8. The molecule has 1 amide bonds. The second-order valence-electron chi connectivity index (χ2n) is 5.58. The van der Waals surface area contributed by atoms with Gasteiger partial charge in [-0.2, -0.15) is 0 Å². The molecule has 0 aliphatic heterocycles.